The normalized spacial score (nSPS) is 61.2. The first-order valence-electron chi connectivity index (χ1n) is 9.38. The van der Waals surface area contributed by atoms with Crippen molar-refractivity contribution in [3.8, 4) is 0 Å². The van der Waals surface area contributed by atoms with Crippen LogP contribution in [0.4, 0.5) is 0 Å². The SMILES string of the molecule is C[C@]12CC[C@H]3[C@@H](C[C@H](O)[C@H]4C[C@@H](O)CC[C@@]43C)[C@@H]1C[C@@H](O)C2. The molecule has 4 saturated carbocycles. The molecular formula is C19H32O3. The fourth-order valence-corrected chi connectivity index (χ4v) is 7.30. The Morgan fingerprint density at radius 1 is 0.773 bits per heavy atom. The molecule has 9 atom stereocenters. The van der Waals surface area contributed by atoms with E-state index in [1.807, 2.05) is 0 Å². The molecule has 0 aromatic rings. The van der Waals surface area contributed by atoms with Crippen LogP contribution in [0.3, 0.4) is 0 Å². The molecule has 126 valence electrons. The van der Waals surface area contributed by atoms with Gasteiger partial charge in [0.2, 0.25) is 0 Å². The number of fused-ring (bicyclic) bond motifs is 5. The van der Waals surface area contributed by atoms with Crippen LogP contribution in [0.2, 0.25) is 0 Å². The summed E-state index contributed by atoms with van der Waals surface area (Å²) in [5.74, 6) is 2.10. The van der Waals surface area contributed by atoms with Crippen LogP contribution in [0, 0.1) is 34.5 Å². The van der Waals surface area contributed by atoms with E-state index in [1.54, 1.807) is 0 Å². The van der Waals surface area contributed by atoms with Crippen LogP contribution in [0.25, 0.3) is 0 Å². The van der Waals surface area contributed by atoms with E-state index in [4.69, 9.17) is 0 Å². The largest absolute Gasteiger partial charge is 0.393 e. The summed E-state index contributed by atoms with van der Waals surface area (Å²) in [7, 11) is 0. The third kappa shape index (κ3) is 2.04. The summed E-state index contributed by atoms with van der Waals surface area (Å²) < 4.78 is 0. The molecule has 4 aliphatic rings. The summed E-state index contributed by atoms with van der Waals surface area (Å²) in [6.07, 6.45) is 7.39. The van der Waals surface area contributed by atoms with E-state index in [0.29, 0.717) is 17.8 Å². The fraction of sp³-hybridized carbons (Fsp3) is 1.00. The minimum atomic E-state index is -0.263. The molecule has 4 rings (SSSR count). The third-order valence-corrected chi connectivity index (χ3v) is 8.40. The topological polar surface area (TPSA) is 60.7 Å². The molecule has 3 nitrogen and oxygen atoms in total. The second-order valence-electron chi connectivity index (χ2n) is 9.51. The van der Waals surface area contributed by atoms with Crippen LogP contribution in [0.1, 0.15) is 65.2 Å². The first-order chi connectivity index (χ1) is 10.3. The van der Waals surface area contributed by atoms with Crippen LogP contribution in [-0.4, -0.2) is 33.6 Å². The van der Waals surface area contributed by atoms with Crippen molar-refractivity contribution in [3.05, 3.63) is 0 Å². The highest BCUT2D eigenvalue weighted by atomic mass is 16.3. The molecule has 0 radical (unpaired) electrons. The predicted molar refractivity (Wildman–Crippen MR) is 85.1 cm³/mol. The van der Waals surface area contributed by atoms with Gasteiger partial charge in [-0.15, -0.1) is 0 Å². The van der Waals surface area contributed by atoms with Gasteiger partial charge < -0.3 is 15.3 Å². The Kier molecular flexibility index (Phi) is 3.46. The summed E-state index contributed by atoms with van der Waals surface area (Å²) >= 11 is 0. The molecule has 0 unspecified atom stereocenters. The van der Waals surface area contributed by atoms with E-state index >= 15 is 0 Å². The molecule has 4 aliphatic carbocycles. The van der Waals surface area contributed by atoms with Crippen molar-refractivity contribution in [1.29, 1.82) is 0 Å². The van der Waals surface area contributed by atoms with Crippen molar-refractivity contribution in [2.24, 2.45) is 34.5 Å². The van der Waals surface area contributed by atoms with Crippen molar-refractivity contribution >= 4 is 0 Å². The van der Waals surface area contributed by atoms with Crippen LogP contribution < -0.4 is 0 Å². The zero-order chi connectivity index (χ0) is 15.7. The van der Waals surface area contributed by atoms with E-state index in [0.717, 1.165) is 38.5 Å². The maximum absolute atomic E-state index is 10.8. The summed E-state index contributed by atoms with van der Waals surface area (Å²) in [4.78, 5) is 0. The maximum Gasteiger partial charge on any atom is 0.0577 e. The van der Waals surface area contributed by atoms with Gasteiger partial charge in [-0.25, -0.2) is 0 Å². The fourth-order valence-electron chi connectivity index (χ4n) is 7.30. The summed E-state index contributed by atoms with van der Waals surface area (Å²) in [6.45, 7) is 4.76. The van der Waals surface area contributed by atoms with Gasteiger partial charge >= 0.3 is 0 Å². The molecule has 0 spiro atoms. The van der Waals surface area contributed by atoms with Crippen LogP contribution in [0.15, 0.2) is 0 Å². The summed E-state index contributed by atoms with van der Waals surface area (Å²) in [5, 5.41) is 31.1. The van der Waals surface area contributed by atoms with Gasteiger partial charge in [0.25, 0.3) is 0 Å². The Labute approximate surface area is 134 Å². The molecule has 3 heteroatoms. The molecule has 3 N–H and O–H groups in total. The molecule has 4 fully saturated rings. The van der Waals surface area contributed by atoms with Crippen molar-refractivity contribution in [2.45, 2.75) is 83.5 Å². The molecule has 0 aliphatic heterocycles. The van der Waals surface area contributed by atoms with Crippen LogP contribution in [0.5, 0.6) is 0 Å². The zero-order valence-electron chi connectivity index (χ0n) is 14.0. The molecule has 0 bridgehead atoms. The van der Waals surface area contributed by atoms with Gasteiger partial charge in [-0.2, -0.15) is 0 Å². The van der Waals surface area contributed by atoms with Gasteiger partial charge in [0, 0.05) is 0 Å². The summed E-state index contributed by atoms with van der Waals surface area (Å²) in [5.41, 5.74) is 0.480. The molecule has 0 aromatic carbocycles. The molecular weight excluding hydrogens is 276 g/mol. The van der Waals surface area contributed by atoms with Gasteiger partial charge in [-0.1, -0.05) is 13.8 Å². The first kappa shape index (κ1) is 15.4. The Hall–Kier alpha value is -0.120. The van der Waals surface area contributed by atoms with Gasteiger partial charge in [-0.05, 0) is 85.9 Å². The van der Waals surface area contributed by atoms with Crippen molar-refractivity contribution < 1.29 is 15.3 Å². The molecule has 22 heavy (non-hydrogen) atoms. The Morgan fingerprint density at radius 2 is 1.50 bits per heavy atom. The second-order valence-corrected chi connectivity index (χ2v) is 9.51. The second kappa shape index (κ2) is 4.94. The third-order valence-electron chi connectivity index (χ3n) is 8.40. The molecule has 0 amide bonds. The molecule has 0 saturated heterocycles. The molecule has 0 heterocycles. The lowest BCUT2D eigenvalue weighted by atomic mass is 9.44. The van der Waals surface area contributed by atoms with Gasteiger partial charge in [-0.3, -0.25) is 0 Å². The minimum absolute atomic E-state index is 0.135. The monoisotopic (exact) mass is 308 g/mol. The smallest absolute Gasteiger partial charge is 0.0577 e. The highest BCUT2D eigenvalue weighted by molar-refractivity contribution is 5.10. The number of hydrogen-bond donors (Lipinski definition) is 3. The average molecular weight is 308 g/mol. The van der Waals surface area contributed by atoms with E-state index in [-0.39, 0.29) is 35.1 Å². The van der Waals surface area contributed by atoms with Crippen molar-refractivity contribution in [1.82, 2.24) is 0 Å². The lowest BCUT2D eigenvalue weighted by molar-refractivity contribution is -0.167. The van der Waals surface area contributed by atoms with Crippen molar-refractivity contribution in [3.63, 3.8) is 0 Å². The minimum Gasteiger partial charge on any atom is -0.393 e. The van der Waals surface area contributed by atoms with Gasteiger partial charge in [0.15, 0.2) is 0 Å². The summed E-state index contributed by atoms with van der Waals surface area (Å²) in [6, 6.07) is 0. The van der Waals surface area contributed by atoms with E-state index in [1.165, 1.54) is 12.8 Å². The zero-order valence-corrected chi connectivity index (χ0v) is 14.0. The maximum atomic E-state index is 10.8. The number of aliphatic hydroxyl groups excluding tert-OH is 3. The van der Waals surface area contributed by atoms with E-state index in [2.05, 4.69) is 13.8 Å². The van der Waals surface area contributed by atoms with Gasteiger partial charge in [0.05, 0.1) is 18.3 Å². The Balaban J connectivity index is 1.66. The Bertz CT molecular complexity index is 452. The van der Waals surface area contributed by atoms with Gasteiger partial charge in [0.1, 0.15) is 0 Å². The highest BCUT2D eigenvalue weighted by Gasteiger charge is 2.61. The number of rotatable bonds is 0. The first-order valence-corrected chi connectivity index (χ1v) is 9.38. The number of hydrogen-bond acceptors (Lipinski definition) is 3. The quantitative estimate of drug-likeness (QED) is 0.645. The average Bonchev–Trinajstić information content (AvgIpc) is 2.76. The van der Waals surface area contributed by atoms with Crippen LogP contribution >= 0.6 is 0 Å². The lowest BCUT2D eigenvalue weighted by Gasteiger charge is -2.61. The van der Waals surface area contributed by atoms with Crippen LogP contribution in [-0.2, 0) is 0 Å². The predicted octanol–water partition coefficient (Wildman–Crippen LogP) is 2.72. The van der Waals surface area contributed by atoms with E-state index in [9.17, 15) is 15.3 Å². The van der Waals surface area contributed by atoms with Crippen molar-refractivity contribution in [2.75, 3.05) is 0 Å². The number of aliphatic hydroxyl groups is 3. The molecule has 0 aromatic heterocycles. The standard InChI is InChI=1S/C19H32O3/c1-18-5-4-14-13(15(18)8-12(21)10-18)9-17(22)16-7-11(20)3-6-19(14,16)2/h11-17,20-22H,3-10H2,1-2H3/t11-,12+,13+,14-,15-,16+,17-,18+,19+/m0/s1. The highest BCUT2D eigenvalue weighted by Crippen LogP contribution is 2.66. The Morgan fingerprint density at radius 3 is 2.27 bits per heavy atom. The lowest BCUT2D eigenvalue weighted by Crippen LogP contribution is -2.57. The van der Waals surface area contributed by atoms with E-state index < -0.39 is 0 Å².